The summed E-state index contributed by atoms with van der Waals surface area (Å²) in [5.41, 5.74) is 0. The molecule has 0 saturated carbocycles. The van der Waals surface area contributed by atoms with E-state index in [-0.39, 0.29) is 11.9 Å². The van der Waals surface area contributed by atoms with Crippen LogP contribution < -0.4 is 0 Å². The third kappa shape index (κ3) is 2.56. The number of carbonyl (C=O) groups is 1. The van der Waals surface area contributed by atoms with E-state index in [9.17, 15) is 4.79 Å². The molecule has 3 nitrogen and oxygen atoms in total. The second-order valence-corrected chi connectivity index (χ2v) is 3.06. The molecule has 0 fully saturated rings. The minimum absolute atomic E-state index is 0.0234. The third-order valence-corrected chi connectivity index (χ3v) is 2.13. The van der Waals surface area contributed by atoms with Crippen LogP contribution in [0, 0.1) is 0 Å². The van der Waals surface area contributed by atoms with Crippen molar-refractivity contribution in [2.45, 2.75) is 32.3 Å². The molecule has 0 aromatic heterocycles. The summed E-state index contributed by atoms with van der Waals surface area (Å²) in [7, 11) is 1.55. The monoisotopic (exact) mass is 184 g/mol. The molecule has 0 aromatic carbocycles. The molecule has 1 atom stereocenters. The van der Waals surface area contributed by atoms with Gasteiger partial charge in [0.05, 0.1) is 6.61 Å². The molecule has 1 unspecified atom stereocenters. The fraction of sp³-hybridized carbons (Fsp3) is 0.700. The first-order valence-electron chi connectivity index (χ1n) is 4.69. The van der Waals surface area contributed by atoms with Gasteiger partial charge in [-0.1, -0.05) is 6.92 Å². The van der Waals surface area contributed by atoms with Gasteiger partial charge in [0.1, 0.15) is 6.10 Å². The maximum absolute atomic E-state index is 11.6. The normalized spacial score (nSPS) is 18.8. The molecule has 0 aromatic rings. The zero-order valence-electron chi connectivity index (χ0n) is 8.21. The Morgan fingerprint density at radius 3 is 3.00 bits per heavy atom. The number of methoxy groups -OCH3 is 1. The second kappa shape index (κ2) is 5.02. The van der Waals surface area contributed by atoms with E-state index < -0.39 is 0 Å². The summed E-state index contributed by atoms with van der Waals surface area (Å²) in [6.07, 6.45) is 4.13. The SMILES string of the molecule is CCC(OC)C(=O)C1=CCCCO1. The first kappa shape index (κ1) is 10.3. The van der Waals surface area contributed by atoms with Crippen molar-refractivity contribution in [2.24, 2.45) is 0 Å². The Hall–Kier alpha value is -0.830. The molecule has 0 aliphatic carbocycles. The summed E-state index contributed by atoms with van der Waals surface area (Å²) < 4.78 is 10.3. The fourth-order valence-electron chi connectivity index (χ4n) is 1.35. The Labute approximate surface area is 78.7 Å². The molecule has 74 valence electrons. The van der Waals surface area contributed by atoms with Crippen molar-refractivity contribution in [1.82, 2.24) is 0 Å². The van der Waals surface area contributed by atoms with Gasteiger partial charge >= 0.3 is 0 Å². The van der Waals surface area contributed by atoms with Gasteiger partial charge in [0.15, 0.2) is 5.76 Å². The number of Topliss-reactive ketones (excluding diaryl/α,β-unsaturated/α-hetero) is 1. The molecule has 1 rings (SSSR count). The van der Waals surface area contributed by atoms with Crippen LogP contribution >= 0.6 is 0 Å². The van der Waals surface area contributed by atoms with Crippen molar-refractivity contribution >= 4 is 5.78 Å². The lowest BCUT2D eigenvalue weighted by Gasteiger charge is -2.17. The Morgan fingerprint density at radius 1 is 1.77 bits per heavy atom. The first-order valence-corrected chi connectivity index (χ1v) is 4.69. The molecule has 1 aliphatic heterocycles. The largest absolute Gasteiger partial charge is 0.490 e. The molecule has 0 N–H and O–H groups in total. The van der Waals surface area contributed by atoms with Crippen LogP contribution in [0.1, 0.15) is 26.2 Å². The number of ketones is 1. The Kier molecular flexibility index (Phi) is 3.96. The van der Waals surface area contributed by atoms with Gasteiger partial charge in [-0.15, -0.1) is 0 Å². The minimum atomic E-state index is -0.343. The highest BCUT2D eigenvalue weighted by molar-refractivity contribution is 5.97. The van der Waals surface area contributed by atoms with Crippen molar-refractivity contribution in [3.63, 3.8) is 0 Å². The Bertz CT molecular complexity index is 204. The highest BCUT2D eigenvalue weighted by Gasteiger charge is 2.22. The van der Waals surface area contributed by atoms with E-state index in [0.29, 0.717) is 18.8 Å². The maximum Gasteiger partial charge on any atom is 0.225 e. The van der Waals surface area contributed by atoms with Crippen molar-refractivity contribution in [3.05, 3.63) is 11.8 Å². The van der Waals surface area contributed by atoms with Crippen LogP contribution in [-0.4, -0.2) is 25.6 Å². The van der Waals surface area contributed by atoms with Crippen LogP contribution in [0.4, 0.5) is 0 Å². The van der Waals surface area contributed by atoms with Gasteiger partial charge in [-0.2, -0.15) is 0 Å². The molecule has 0 bridgehead atoms. The van der Waals surface area contributed by atoms with E-state index in [1.165, 1.54) is 0 Å². The lowest BCUT2D eigenvalue weighted by Crippen LogP contribution is -2.26. The van der Waals surface area contributed by atoms with Crippen molar-refractivity contribution in [1.29, 1.82) is 0 Å². The molecule has 0 amide bonds. The summed E-state index contributed by atoms with van der Waals surface area (Å²) in [5.74, 6) is 0.463. The molecule has 0 radical (unpaired) electrons. The second-order valence-electron chi connectivity index (χ2n) is 3.06. The zero-order valence-corrected chi connectivity index (χ0v) is 8.21. The van der Waals surface area contributed by atoms with Gasteiger partial charge in [-0.25, -0.2) is 0 Å². The van der Waals surface area contributed by atoms with Gasteiger partial charge < -0.3 is 9.47 Å². The molecule has 0 saturated heterocycles. The molecular weight excluding hydrogens is 168 g/mol. The van der Waals surface area contributed by atoms with Crippen LogP contribution in [0.2, 0.25) is 0 Å². The number of rotatable bonds is 4. The Balaban J connectivity index is 2.59. The van der Waals surface area contributed by atoms with Gasteiger partial charge in [0.2, 0.25) is 5.78 Å². The average Bonchev–Trinajstić information content (AvgIpc) is 2.21. The average molecular weight is 184 g/mol. The summed E-state index contributed by atoms with van der Waals surface area (Å²) in [6.45, 7) is 2.58. The number of hydrogen-bond acceptors (Lipinski definition) is 3. The van der Waals surface area contributed by atoms with E-state index in [4.69, 9.17) is 9.47 Å². The smallest absolute Gasteiger partial charge is 0.225 e. The van der Waals surface area contributed by atoms with Gasteiger partial charge in [0, 0.05) is 7.11 Å². The molecule has 0 spiro atoms. The van der Waals surface area contributed by atoms with Crippen LogP contribution in [0.3, 0.4) is 0 Å². The van der Waals surface area contributed by atoms with Crippen molar-refractivity contribution in [2.75, 3.05) is 13.7 Å². The van der Waals surface area contributed by atoms with Crippen LogP contribution in [0.25, 0.3) is 0 Å². The van der Waals surface area contributed by atoms with Gasteiger partial charge in [-0.05, 0) is 25.3 Å². The summed E-state index contributed by atoms with van der Waals surface area (Å²) in [6, 6.07) is 0. The van der Waals surface area contributed by atoms with Crippen molar-refractivity contribution < 1.29 is 14.3 Å². The van der Waals surface area contributed by atoms with E-state index in [0.717, 1.165) is 12.8 Å². The van der Waals surface area contributed by atoms with E-state index in [1.54, 1.807) is 7.11 Å². The van der Waals surface area contributed by atoms with E-state index in [1.807, 2.05) is 13.0 Å². The van der Waals surface area contributed by atoms with E-state index in [2.05, 4.69) is 0 Å². The summed E-state index contributed by atoms with van der Waals surface area (Å²) in [4.78, 5) is 11.6. The fourth-order valence-corrected chi connectivity index (χ4v) is 1.35. The quantitative estimate of drug-likeness (QED) is 0.666. The number of ether oxygens (including phenoxy) is 2. The molecule has 1 heterocycles. The van der Waals surface area contributed by atoms with Crippen LogP contribution in [0.5, 0.6) is 0 Å². The van der Waals surface area contributed by atoms with E-state index >= 15 is 0 Å². The van der Waals surface area contributed by atoms with Gasteiger partial charge in [0.25, 0.3) is 0 Å². The highest BCUT2D eigenvalue weighted by atomic mass is 16.5. The highest BCUT2D eigenvalue weighted by Crippen LogP contribution is 2.14. The molecule has 1 aliphatic rings. The number of hydrogen-bond donors (Lipinski definition) is 0. The lowest BCUT2D eigenvalue weighted by molar-refractivity contribution is -0.128. The zero-order chi connectivity index (χ0) is 9.68. The predicted octanol–water partition coefficient (Wildman–Crippen LogP) is 1.67. The van der Waals surface area contributed by atoms with Gasteiger partial charge in [-0.3, -0.25) is 4.79 Å². The van der Waals surface area contributed by atoms with Crippen LogP contribution in [0.15, 0.2) is 11.8 Å². The summed E-state index contributed by atoms with van der Waals surface area (Å²) in [5, 5.41) is 0. The topological polar surface area (TPSA) is 35.5 Å². The Morgan fingerprint density at radius 2 is 2.54 bits per heavy atom. The summed E-state index contributed by atoms with van der Waals surface area (Å²) >= 11 is 0. The molecule has 13 heavy (non-hydrogen) atoms. The maximum atomic E-state index is 11.6. The first-order chi connectivity index (χ1) is 6.29. The number of allylic oxidation sites excluding steroid dienone is 1. The predicted molar refractivity (Wildman–Crippen MR) is 49.4 cm³/mol. The van der Waals surface area contributed by atoms with Crippen molar-refractivity contribution in [3.8, 4) is 0 Å². The molecular formula is C10H16O3. The number of carbonyl (C=O) groups excluding carboxylic acids is 1. The lowest BCUT2D eigenvalue weighted by atomic mass is 10.1. The third-order valence-electron chi connectivity index (χ3n) is 2.13. The molecule has 3 heteroatoms. The standard InChI is InChI=1S/C10H16O3/c1-3-8(12-2)10(11)9-6-4-5-7-13-9/h6,8H,3-5,7H2,1-2H3. The van der Waals surface area contributed by atoms with Crippen LogP contribution in [-0.2, 0) is 14.3 Å². The minimum Gasteiger partial charge on any atom is -0.490 e.